The third kappa shape index (κ3) is 10.2. The van der Waals surface area contributed by atoms with Crippen molar-refractivity contribution >= 4 is 0 Å². The molecular formula is C30H46O3. The zero-order valence-corrected chi connectivity index (χ0v) is 20.8. The highest BCUT2D eigenvalue weighted by Crippen LogP contribution is 2.41. The zero-order valence-electron chi connectivity index (χ0n) is 20.8. The highest BCUT2D eigenvalue weighted by Gasteiger charge is 2.18. The number of benzene rings is 2. The van der Waals surface area contributed by atoms with Gasteiger partial charge in [-0.2, -0.15) is 0 Å². The Kier molecular flexibility index (Phi) is 13.7. The molecule has 3 nitrogen and oxygen atoms in total. The maximum Gasteiger partial charge on any atom is 0.123 e. The van der Waals surface area contributed by atoms with Crippen molar-refractivity contribution in [2.45, 2.75) is 116 Å². The van der Waals surface area contributed by atoms with Crippen molar-refractivity contribution in [3.8, 4) is 22.6 Å². The van der Waals surface area contributed by atoms with Crippen LogP contribution < -0.4 is 0 Å². The Hall–Kier alpha value is -2.00. The Morgan fingerprint density at radius 2 is 1.06 bits per heavy atom. The lowest BCUT2D eigenvalue weighted by Gasteiger charge is -2.18. The Bertz CT molecular complexity index is 771. The smallest absolute Gasteiger partial charge is 0.123 e. The first kappa shape index (κ1) is 27.2. The predicted molar refractivity (Wildman–Crippen MR) is 140 cm³/mol. The van der Waals surface area contributed by atoms with E-state index in [4.69, 9.17) is 0 Å². The molecular weight excluding hydrogens is 408 g/mol. The van der Waals surface area contributed by atoms with E-state index in [-0.39, 0.29) is 11.5 Å². The second-order valence-corrected chi connectivity index (χ2v) is 9.51. The Morgan fingerprint density at radius 3 is 1.61 bits per heavy atom. The van der Waals surface area contributed by atoms with Crippen LogP contribution in [0.25, 0.3) is 11.1 Å². The monoisotopic (exact) mass is 454 g/mol. The standard InChI is InChI=1S/C30H46O3/c1-2-3-4-5-6-7-8-9-10-11-12-13-14-15-16-22-27(31)26-21-19-24-29(33)30(26)25-20-17-18-23-28(25)32/h17-21,23-24,27,31-33H,2-16,22H2,1H3. The topological polar surface area (TPSA) is 60.7 Å². The number of phenols is 2. The number of aliphatic hydroxyl groups is 1. The third-order valence-corrected chi connectivity index (χ3v) is 6.69. The van der Waals surface area contributed by atoms with Crippen molar-refractivity contribution in [2.24, 2.45) is 0 Å². The highest BCUT2D eigenvalue weighted by molar-refractivity contribution is 5.78. The van der Waals surface area contributed by atoms with E-state index >= 15 is 0 Å². The van der Waals surface area contributed by atoms with Gasteiger partial charge in [-0.25, -0.2) is 0 Å². The molecule has 2 aromatic rings. The fourth-order valence-electron chi connectivity index (χ4n) is 4.68. The molecule has 2 aromatic carbocycles. The number of aromatic hydroxyl groups is 2. The van der Waals surface area contributed by atoms with Gasteiger partial charge < -0.3 is 15.3 Å². The molecule has 0 amide bonds. The van der Waals surface area contributed by atoms with Crippen LogP contribution >= 0.6 is 0 Å². The molecule has 1 atom stereocenters. The summed E-state index contributed by atoms with van der Waals surface area (Å²) in [5, 5.41) is 31.4. The van der Waals surface area contributed by atoms with Gasteiger partial charge >= 0.3 is 0 Å². The van der Waals surface area contributed by atoms with E-state index in [9.17, 15) is 15.3 Å². The van der Waals surface area contributed by atoms with Gasteiger partial charge in [0, 0.05) is 11.1 Å². The fraction of sp³-hybridized carbons (Fsp3) is 0.600. The molecule has 0 aromatic heterocycles. The van der Waals surface area contributed by atoms with Crippen molar-refractivity contribution in [3.63, 3.8) is 0 Å². The Morgan fingerprint density at radius 1 is 0.576 bits per heavy atom. The number of rotatable bonds is 18. The van der Waals surface area contributed by atoms with Gasteiger partial charge in [-0.15, -0.1) is 0 Å². The first-order valence-corrected chi connectivity index (χ1v) is 13.4. The minimum Gasteiger partial charge on any atom is -0.507 e. The summed E-state index contributed by atoms with van der Waals surface area (Å²) in [6, 6.07) is 12.2. The number of hydrogen-bond donors (Lipinski definition) is 3. The molecule has 33 heavy (non-hydrogen) atoms. The minimum atomic E-state index is -0.645. The number of aliphatic hydroxyl groups excluding tert-OH is 1. The molecule has 1 unspecified atom stereocenters. The summed E-state index contributed by atoms with van der Waals surface area (Å²) in [5.74, 6) is 0.198. The summed E-state index contributed by atoms with van der Waals surface area (Å²) in [5.41, 5.74) is 1.77. The van der Waals surface area contributed by atoms with Crippen LogP contribution in [0, 0.1) is 0 Å². The second kappa shape index (κ2) is 16.6. The van der Waals surface area contributed by atoms with Gasteiger partial charge in [0.25, 0.3) is 0 Å². The molecule has 0 aliphatic rings. The molecule has 0 fully saturated rings. The van der Waals surface area contributed by atoms with Gasteiger partial charge in [-0.3, -0.25) is 0 Å². The average molecular weight is 455 g/mol. The van der Waals surface area contributed by atoms with E-state index in [0.717, 1.165) is 12.8 Å². The van der Waals surface area contributed by atoms with E-state index in [1.165, 1.54) is 83.5 Å². The van der Waals surface area contributed by atoms with Gasteiger partial charge in [-0.1, -0.05) is 134 Å². The van der Waals surface area contributed by atoms with Crippen LogP contribution in [-0.2, 0) is 0 Å². The lowest BCUT2D eigenvalue weighted by atomic mass is 9.92. The molecule has 0 spiro atoms. The maximum absolute atomic E-state index is 10.8. The largest absolute Gasteiger partial charge is 0.507 e. The predicted octanol–water partition coefficient (Wildman–Crippen LogP) is 9.06. The molecule has 0 bridgehead atoms. The van der Waals surface area contributed by atoms with Crippen molar-refractivity contribution in [1.29, 1.82) is 0 Å². The Balaban J connectivity index is 1.58. The third-order valence-electron chi connectivity index (χ3n) is 6.69. The zero-order chi connectivity index (χ0) is 23.7. The van der Waals surface area contributed by atoms with Crippen LogP contribution in [-0.4, -0.2) is 15.3 Å². The maximum atomic E-state index is 10.8. The van der Waals surface area contributed by atoms with Gasteiger partial charge in [0.05, 0.1) is 6.10 Å². The molecule has 3 heteroatoms. The van der Waals surface area contributed by atoms with E-state index < -0.39 is 6.10 Å². The van der Waals surface area contributed by atoms with Gasteiger partial charge in [0.15, 0.2) is 0 Å². The summed E-state index contributed by atoms with van der Waals surface area (Å²) in [6.07, 6.45) is 19.9. The van der Waals surface area contributed by atoms with Crippen LogP contribution in [0.4, 0.5) is 0 Å². The summed E-state index contributed by atoms with van der Waals surface area (Å²) < 4.78 is 0. The molecule has 0 saturated carbocycles. The van der Waals surface area contributed by atoms with Crippen molar-refractivity contribution in [2.75, 3.05) is 0 Å². The molecule has 0 aliphatic heterocycles. The Labute approximate surface area is 201 Å². The highest BCUT2D eigenvalue weighted by atomic mass is 16.3. The van der Waals surface area contributed by atoms with Crippen molar-refractivity contribution in [1.82, 2.24) is 0 Å². The second-order valence-electron chi connectivity index (χ2n) is 9.51. The summed E-state index contributed by atoms with van der Waals surface area (Å²) in [6.45, 7) is 2.27. The van der Waals surface area contributed by atoms with E-state index in [2.05, 4.69) is 6.92 Å². The number of phenolic OH excluding ortho intramolecular Hbond substituents is 2. The molecule has 0 heterocycles. The van der Waals surface area contributed by atoms with E-state index in [1.54, 1.807) is 30.3 Å². The molecule has 3 N–H and O–H groups in total. The number of para-hydroxylation sites is 1. The lowest BCUT2D eigenvalue weighted by Crippen LogP contribution is -2.00. The van der Waals surface area contributed by atoms with Crippen LogP contribution in [0.2, 0.25) is 0 Å². The minimum absolute atomic E-state index is 0.0875. The molecule has 0 aliphatic carbocycles. The van der Waals surface area contributed by atoms with Gasteiger partial charge in [0.2, 0.25) is 0 Å². The van der Waals surface area contributed by atoms with E-state index in [0.29, 0.717) is 23.1 Å². The van der Waals surface area contributed by atoms with Gasteiger partial charge in [0.1, 0.15) is 11.5 Å². The fourth-order valence-corrected chi connectivity index (χ4v) is 4.68. The van der Waals surface area contributed by atoms with Crippen molar-refractivity contribution in [3.05, 3.63) is 48.0 Å². The van der Waals surface area contributed by atoms with Crippen molar-refractivity contribution < 1.29 is 15.3 Å². The van der Waals surface area contributed by atoms with Crippen LogP contribution in [0.5, 0.6) is 11.5 Å². The molecule has 0 radical (unpaired) electrons. The molecule has 2 rings (SSSR count). The number of hydrogen-bond acceptors (Lipinski definition) is 3. The first-order valence-electron chi connectivity index (χ1n) is 13.4. The quantitative estimate of drug-likeness (QED) is 0.197. The average Bonchev–Trinajstić information content (AvgIpc) is 2.82. The van der Waals surface area contributed by atoms with Crippen LogP contribution in [0.1, 0.15) is 121 Å². The normalized spacial score (nSPS) is 12.2. The SMILES string of the molecule is CCCCCCCCCCCCCCCCCC(O)c1cccc(O)c1-c1ccccc1O. The summed E-state index contributed by atoms with van der Waals surface area (Å²) >= 11 is 0. The van der Waals surface area contributed by atoms with E-state index in [1.807, 2.05) is 12.1 Å². The molecule has 0 saturated heterocycles. The number of unbranched alkanes of at least 4 members (excludes halogenated alkanes) is 14. The van der Waals surface area contributed by atoms with Crippen LogP contribution in [0.3, 0.4) is 0 Å². The summed E-state index contributed by atoms with van der Waals surface area (Å²) in [4.78, 5) is 0. The summed E-state index contributed by atoms with van der Waals surface area (Å²) in [7, 11) is 0. The molecule has 184 valence electrons. The lowest BCUT2D eigenvalue weighted by molar-refractivity contribution is 0.163. The van der Waals surface area contributed by atoms with Gasteiger partial charge in [-0.05, 0) is 24.1 Å². The van der Waals surface area contributed by atoms with Crippen LogP contribution in [0.15, 0.2) is 42.5 Å². The first-order chi connectivity index (χ1) is 16.1.